The van der Waals surface area contributed by atoms with Gasteiger partial charge in [-0.2, -0.15) is 8.78 Å². The minimum atomic E-state index is -5.86. The molecule has 3 aromatic carbocycles. The van der Waals surface area contributed by atoms with Crippen LogP contribution in [0, 0.1) is 6.57 Å². The Kier molecular flexibility index (Phi) is 10.3. The molecule has 3 fully saturated rings. The van der Waals surface area contributed by atoms with Gasteiger partial charge in [0.2, 0.25) is 17.9 Å². The van der Waals surface area contributed by atoms with Crippen molar-refractivity contribution >= 4 is 36.1 Å². The monoisotopic (exact) mass is 729 g/mol. The van der Waals surface area contributed by atoms with Crippen LogP contribution in [0.25, 0.3) is 15.6 Å². The lowest BCUT2D eigenvalue weighted by atomic mass is 9.95. The molecule has 6 rings (SSSR count). The minimum Gasteiger partial charge on any atom is -0.339 e. The summed E-state index contributed by atoms with van der Waals surface area (Å²) in [7, 11) is -5.86. The molecule has 0 radical (unpaired) electrons. The molecule has 0 spiro atoms. The number of alkyl halides is 4. The van der Waals surface area contributed by atoms with E-state index in [-0.39, 0.29) is 42.4 Å². The third-order valence-electron chi connectivity index (χ3n) is 10.1. The lowest BCUT2D eigenvalue weighted by molar-refractivity contribution is -0.147. The molecular weight excluding hydrogens is 693 g/mol. The van der Waals surface area contributed by atoms with Crippen molar-refractivity contribution in [3.05, 3.63) is 94.8 Å². The maximum atomic E-state index is 14.4. The van der Waals surface area contributed by atoms with Gasteiger partial charge in [-0.25, -0.2) is 15.4 Å². The number of halogens is 4. The number of likely N-dealkylation sites (tertiary alicyclic amines) is 1. The average Bonchev–Trinajstić information content (AvgIpc) is 3.73. The zero-order valence-electron chi connectivity index (χ0n) is 27.2. The van der Waals surface area contributed by atoms with Crippen LogP contribution in [0.5, 0.6) is 0 Å². The maximum absolute atomic E-state index is 14.4. The second-order valence-electron chi connectivity index (χ2n) is 13.3. The van der Waals surface area contributed by atoms with Crippen LogP contribution in [0.4, 0.5) is 17.6 Å². The van der Waals surface area contributed by atoms with Crippen LogP contribution in [-0.2, 0) is 19.8 Å². The summed E-state index contributed by atoms with van der Waals surface area (Å²) < 4.78 is 67.5. The van der Waals surface area contributed by atoms with Gasteiger partial charge < -0.3 is 29.7 Å². The van der Waals surface area contributed by atoms with Gasteiger partial charge in [-0.05, 0) is 53.8 Å². The summed E-state index contributed by atoms with van der Waals surface area (Å²) in [5, 5.41) is 3.08. The van der Waals surface area contributed by atoms with Gasteiger partial charge >= 0.3 is 13.3 Å². The maximum Gasteiger partial charge on any atom is 0.399 e. The number of carbonyl (C=O) groups is 3. The Balaban J connectivity index is 1.25. The van der Waals surface area contributed by atoms with Crippen LogP contribution in [0.15, 0.2) is 66.7 Å². The van der Waals surface area contributed by atoms with Crippen molar-refractivity contribution in [1.82, 2.24) is 20.0 Å². The van der Waals surface area contributed by atoms with Crippen molar-refractivity contribution in [2.45, 2.75) is 61.4 Å². The van der Waals surface area contributed by atoms with Crippen LogP contribution in [0.2, 0.25) is 0 Å². The lowest BCUT2D eigenvalue weighted by Gasteiger charge is -2.39. The van der Waals surface area contributed by atoms with E-state index in [9.17, 15) is 46.3 Å². The van der Waals surface area contributed by atoms with E-state index in [0.29, 0.717) is 31.2 Å². The van der Waals surface area contributed by atoms with E-state index >= 15 is 0 Å². The van der Waals surface area contributed by atoms with Crippen molar-refractivity contribution in [2.75, 3.05) is 32.7 Å². The Bertz CT molecular complexity index is 1910. The molecule has 0 unspecified atom stereocenters. The van der Waals surface area contributed by atoms with Gasteiger partial charge in [-0.1, -0.05) is 48.5 Å². The SMILES string of the molecule is [C-]#[N+][C@H]1CN(C(=O)[C@@H]2CC[C@@H]3CCN(CC(F)F)C[C@H](NC(=O)c4ccc5ccc(C(F)(F)P(=O)(O)O)cc5c4)C(=O)N32)C[C@@H]1c1ccccc1. The van der Waals surface area contributed by atoms with Crippen molar-refractivity contribution in [1.29, 1.82) is 0 Å². The molecule has 0 bridgehead atoms. The Morgan fingerprint density at radius 3 is 2.39 bits per heavy atom. The first-order chi connectivity index (χ1) is 24.2. The number of rotatable bonds is 8. The summed E-state index contributed by atoms with van der Waals surface area (Å²) in [6, 6.07) is 13.3. The first-order valence-electron chi connectivity index (χ1n) is 16.5. The summed E-state index contributed by atoms with van der Waals surface area (Å²) in [4.78, 5) is 68.5. The lowest BCUT2D eigenvalue weighted by Crippen LogP contribution is -2.61. The molecule has 0 saturated carbocycles. The molecule has 16 heteroatoms. The van der Waals surface area contributed by atoms with Crippen LogP contribution in [0.3, 0.4) is 0 Å². The number of benzene rings is 3. The summed E-state index contributed by atoms with van der Waals surface area (Å²) >= 11 is 0. The van der Waals surface area contributed by atoms with E-state index < -0.39 is 67.8 Å². The zero-order chi connectivity index (χ0) is 36.7. The van der Waals surface area contributed by atoms with Gasteiger partial charge in [0, 0.05) is 36.8 Å². The first kappa shape index (κ1) is 36.4. The molecule has 3 heterocycles. The summed E-state index contributed by atoms with van der Waals surface area (Å²) in [6.07, 6.45) is -1.60. The predicted molar refractivity (Wildman–Crippen MR) is 178 cm³/mol. The largest absolute Gasteiger partial charge is 0.399 e. The van der Waals surface area contributed by atoms with Gasteiger partial charge in [-0.15, -0.1) is 0 Å². The number of nitrogens with zero attached hydrogens (tertiary/aromatic N) is 4. The van der Waals surface area contributed by atoms with E-state index in [2.05, 4.69) is 10.2 Å². The highest BCUT2D eigenvalue weighted by molar-refractivity contribution is 7.52. The fraction of sp³-hybridized carbons (Fsp3) is 0.429. The smallest absolute Gasteiger partial charge is 0.339 e. The van der Waals surface area contributed by atoms with Gasteiger partial charge in [0.25, 0.3) is 12.3 Å². The van der Waals surface area contributed by atoms with Crippen molar-refractivity contribution < 1.29 is 46.3 Å². The molecule has 270 valence electrons. The molecule has 51 heavy (non-hydrogen) atoms. The van der Waals surface area contributed by atoms with Crippen LogP contribution in [-0.4, -0.2) is 106 Å². The van der Waals surface area contributed by atoms with Crippen molar-refractivity contribution in [3.8, 4) is 0 Å². The van der Waals surface area contributed by atoms with Crippen LogP contribution < -0.4 is 5.32 Å². The van der Waals surface area contributed by atoms with Gasteiger partial charge in [0.05, 0.1) is 19.0 Å². The highest BCUT2D eigenvalue weighted by Gasteiger charge is 2.51. The van der Waals surface area contributed by atoms with E-state index in [0.717, 1.165) is 17.7 Å². The number of fused-ring (bicyclic) bond motifs is 2. The average molecular weight is 730 g/mol. The van der Waals surface area contributed by atoms with Crippen molar-refractivity contribution in [3.63, 3.8) is 0 Å². The topological polar surface area (TPSA) is 135 Å². The molecule has 0 aromatic heterocycles. The summed E-state index contributed by atoms with van der Waals surface area (Å²) in [5.41, 5.74) is -4.57. The number of nitrogens with one attached hydrogen (secondary N) is 1. The fourth-order valence-electron chi connectivity index (χ4n) is 7.47. The van der Waals surface area contributed by atoms with E-state index in [1.165, 1.54) is 34.1 Å². The summed E-state index contributed by atoms with van der Waals surface area (Å²) in [6.45, 7) is 7.50. The number of hydrogen-bond donors (Lipinski definition) is 3. The zero-order valence-corrected chi connectivity index (χ0v) is 28.1. The second-order valence-corrected chi connectivity index (χ2v) is 14.9. The molecule has 5 atom stereocenters. The Labute approximate surface area is 291 Å². The Morgan fingerprint density at radius 2 is 1.71 bits per heavy atom. The van der Waals surface area contributed by atoms with E-state index in [1.807, 2.05) is 30.3 Å². The normalized spacial score (nSPS) is 24.7. The Hall–Kier alpha value is -4.35. The van der Waals surface area contributed by atoms with Gasteiger partial charge in [-0.3, -0.25) is 23.8 Å². The molecule has 3 saturated heterocycles. The van der Waals surface area contributed by atoms with Gasteiger partial charge in [0.15, 0.2) is 0 Å². The van der Waals surface area contributed by atoms with E-state index in [1.54, 1.807) is 4.90 Å². The van der Waals surface area contributed by atoms with Crippen molar-refractivity contribution in [2.24, 2.45) is 0 Å². The highest BCUT2D eigenvalue weighted by atomic mass is 31.2. The quantitative estimate of drug-likeness (QED) is 0.178. The highest BCUT2D eigenvalue weighted by Crippen LogP contribution is 2.59. The fourth-order valence-corrected chi connectivity index (χ4v) is 7.95. The minimum absolute atomic E-state index is 0.0685. The van der Waals surface area contributed by atoms with Crippen LogP contribution >= 0.6 is 7.60 Å². The summed E-state index contributed by atoms with van der Waals surface area (Å²) in [5.74, 6) is -1.95. The molecular formula is C35H36F4N5O6P. The third kappa shape index (κ3) is 7.37. The number of carbonyl (C=O) groups excluding carboxylic acids is 3. The molecule has 11 nitrogen and oxygen atoms in total. The standard InChI is InChI=1S/C35H36F4N5O6P/c1-40-28-19-43(17-27(28)22-5-3-2-4-6-22)34(47)30-12-11-26-13-14-42(20-31(36)37)18-29(33(46)44(26)30)41-32(45)23-8-7-21-9-10-25(16-24(21)15-23)35(38,39)51(48,49)50/h2-10,15-16,26-31H,11-14,17-20H2,(H,41,45)(H2,48,49,50)/t26-,27-,28+,29+,30+/m1/s1. The van der Waals surface area contributed by atoms with E-state index in [4.69, 9.17) is 6.57 Å². The molecule has 3 amide bonds. The number of hydrogen-bond acceptors (Lipinski definition) is 5. The molecule has 0 aliphatic carbocycles. The second kappa shape index (κ2) is 14.3. The third-order valence-corrected chi connectivity index (χ3v) is 11.1. The van der Waals surface area contributed by atoms with Crippen LogP contribution in [0.1, 0.15) is 46.7 Å². The molecule has 3 aromatic rings. The van der Waals surface area contributed by atoms with Gasteiger partial charge in [0.1, 0.15) is 12.1 Å². The molecule has 3 aliphatic heterocycles. The number of amides is 3. The molecule has 3 N–H and O–H groups in total. The first-order valence-corrected chi connectivity index (χ1v) is 18.1. The molecule has 3 aliphatic rings. The predicted octanol–water partition coefficient (Wildman–Crippen LogP) is 4.41. The Morgan fingerprint density at radius 1 is 0.980 bits per heavy atom.